The number of carbonyl (C=O) groups excluding carboxylic acids is 1. The molecule has 86 valence electrons. The van der Waals surface area contributed by atoms with Crippen LogP contribution >= 0.6 is 15.9 Å². The summed E-state index contributed by atoms with van der Waals surface area (Å²) in [5.41, 5.74) is 0.984. The van der Waals surface area contributed by atoms with Gasteiger partial charge in [0.05, 0.1) is 10.0 Å². The van der Waals surface area contributed by atoms with Gasteiger partial charge in [-0.25, -0.2) is 4.39 Å². The predicted molar refractivity (Wildman–Crippen MR) is 63.9 cm³/mol. The number of aryl methyl sites for hydroxylation is 1. The average molecular weight is 286 g/mol. The third kappa shape index (κ3) is 2.61. The summed E-state index contributed by atoms with van der Waals surface area (Å²) in [5.74, 6) is -0.215. The molecule has 1 fully saturated rings. The molecule has 0 atom stereocenters. The van der Waals surface area contributed by atoms with E-state index in [0.29, 0.717) is 16.9 Å². The van der Waals surface area contributed by atoms with Gasteiger partial charge in [-0.2, -0.15) is 0 Å². The van der Waals surface area contributed by atoms with E-state index in [9.17, 15) is 9.18 Å². The summed E-state index contributed by atoms with van der Waals surface area (Å²) in [6.07, 6.45) is 2.33. The zero-order valence-electron chi connectivity index (χ0n) is 9.02. The zero-order valence-corrected chi connectivity index (χ0v) is 10.6. The van der Waals surface area contributed by atoms with Crippen molar-refractivity contribution in [1.82, 2.24) is 5.32 Å². The fourth-order valence-corrected chi connectivity index (χ4v) is 2.12. The molecular formula is C12H13BrFNO. The van der Waals surface area contributed by atoms with Crippen LogP contribution in [0.5, 0.6) is 0 Å². The Hall–Kier alpha value is -0.900. The Balaban J connectivity index is 2.14. The molecule has 2 rings (SSSR count). The lowest BCUT2D eigenvalue weighted by atomic mass is 10.1. The molecule has 0 spiro atoms. The lowest BCUT2D eigenvalue weighted by Crippen LogP contribution is -2.26. The molecule has 1 aromatic rings. The summed E-state index contributed by atoms with van der Waals surface area (Å²) in [6, 6.07) is 3.23. The van der Waals surface area contributed by atoms with Crippen molar-refractivity contribution in [3.63, 3.8) is 0 Å². The van der Waals surface area contributed by atoms with Gasteiger partial charge >= 0.3 is 0 Å². The minimum Gasteiger partial charge on any atom is -0.352 e. The molecule has 0 saturated heterocycles. The molecule has 1 aromatic carbocycles. The van der Waals surface area contributed by atoms with E-state index in [1.807, 2.05) is 6.92 Å². The van der Waals surface area contributed by atoms with E-state index in [2.05, 4.69) is 21.2 Å². The first-order valence-electron chi connectivity index (χ1n) is 5.32. The number of benzene rings is 1. The van der Waals surface area contributed by atoms with Crippen molar-refractivity contribution in [3.8, 4) is 0 Å². The number of halogens is 2. The highest BCUT2D eigenvalue weighted by Crippen LogP contribution is 2.28. The van der Waals surface area contributed by atoms with Gasteiger partial charge in [-0.15, -0.1) is 0 Å². The topological polar surface area (TPSA) is 29.1 Å². The molecule has 0 unspecified atom stereocenters. The van der Waals surface area contributed by atoms with Crippen molar-refractivity contribution < 1.29 is 9.18 Å². The van der Waals surface area contributed by atoms with E-state index in [4.69, 9.17) is 0 Å². The van der Waals surface area contributed by atoms with Gasteiger partial charge in [0.25, 0.3) is 5.91 Å². The van der Waals surface area contributed by atoms with E-state index < -0.39 is 5.82 Å². The summed E-state index contributed by atoms with van der Waals surface area (Å²) in [7, 11) is 0. The van der Waals surface area contributed by atoms with Crippen LogP contribution in [0.15, 0.2) is 16.6 Å². The highest BCUT2D eigenvalue weighted by atomic mass is 79.9. The van der Waals surface area contributed by atoms with E-state index in [-0.39, 0.29) is 11.5 Å². The van der Waals surface area contributed by atoms with Crippen molar-refractivity contribution in [3.05, 3.63) is 33.5 Å². The van der Waals surface area contributed by atoms with Gasteiger partial charge < -0.3 is 5.32 Å². The maximum Gasteiger partial charge on any atom is 0.254 e. The fraction of sp³-hybridized carbons (Fsp3) is 0.417. The molecule has 0 bridgehead atoms. The van der Waals surface area contributed by atoms with Gasteiger partial charge in [0.15, 0.2) is 0 Å². The SMILES string of the molecule is Cc1cc(Br)c(F)c(C(=O)NCC2CC2)c1. The molecule has 4 heteroatoms. The molecule has 1 amide bonds. The monoisotopic (exact) mass is 285 g/mol. The van der Waals surface area contributed by atoms with Crippen LogP contribution in [0.25, 0.3) is 0 Å². The zero-order chi connectivity index (χ0) is 11.7. The Kier molecular flexibility index (Phi) is 3.28. The van der Waals surface area contributed by atoms with Crippen LogP contribution in [0.1, 0.15) is 28.8 Å². The molecule has 2 nitrogen and oxygen atoms in total. The van der Waals surface area contributed by atoms with E-state index in [1.54, 1.807) is 12.1 Å². The average Bonchev–Trinajstić information content (AvgIpc) is 3.03. The first kappa shape index (κ1) is 11.6. The van der Waals surface area contributed by atoms with Gasteiger partial charge in [0.1, 0.15) is 5.82 Å². The van der Waals surface area contributed by atoms with Gasteiger partial charge in [0, 0.05) is 6.54 Å². The summed E-state index contributed by atoms with van der Waals surface area (Å²) < 4.78 is 14.0. The second-order valence-corrected chi connectivity index (χ2v) is 5.12. The normalized spacial score (nSPS) is 14.9. The summed E-state index contributed by atoms with van der Waals surface area (Å²) >= 11 is 3.10. The number of nitrogens with one attached hydrogen (secondary N) is 1. The maximum atomic E-state index is 13.7. The van der Waals surface area contributed by atoms with Crippen molar-refractivity contribution >= 4 is 21.8 Å². The molecule has 0 aliphatic heterocycles. The van der Waals surface area contributed by atoms with Gasteiger partial charge in [0.2, 0.25) is 0 Å². The third-order valence-corrected chi connectivity index (χ3v) is 3.24. The Labute approximate surface area is 102 Å². The van der Waals surface area contributed by atoms with Crippen LogP contribution in [0.4, 0.5) is 4.39 Å². The fourth-order valence-electron chi connectivity index (χ4n) is 1.54. The maximum absolute atomic E-state index is 13.7. The lowest BCUT2D eigenvalue weighted by Gasteiger charge is -2.07. The predicted octanol–water partition coefficient (Wildman–Crippen LogP) is 3.04. The third-order valence-electron chi connectivity index (χ3n) is 2.67. The highest BCUT2D eigenvalue weighted by molar-refractivity contribution is 9.10. The molecule has 1 N–H and O–H groups in total. The molecule has 0 heterocycles. The number of amides is 1. The van der Waals surface area contributed by atoms with Crippen molar-refractivity contribution in [2.24, 2.45) is 5.92 Å². The summed E-state index contributed by atoms with van der Waals surface area (Å²) in [6.45, 7) is 2.49. The second kappa shape index (κ2) is 4.53. The number of hydrogen-bond acceptors (Lipinski definition) is 1. The molecule has 0 radical (unpaired) electrons. The second-order valence-electron chi connectivity index (χ2n) is 4.26. The van der Waals surface area contributed by atoms with Crippen molar-refractivity contribution in [2.75, 3.05) is 6.54 Å². The Morgan fingerprint density at radius 2 is 2.25 bits per heavy atom. The van der Waals surface area contributed by atoms with Crippen LogP contribution < -0.4 is 5.32 Å². The lowest BCUT2D eigenvalue weighted by molar-refractivity contribution is 0.0947. The molecule has 0 aromatic heterocycles. The minimum atomic E-state index is -0.487. The van der Waals surface area contributed by atoms with E-state index in [0.717, 1.165) is 5.56 Å². The quantitative estimate of drug-likeness (QED) is 0.909. The first-order chi connectivity index (χ1) is 7.58. The Bertz CT molecular complexity index is 429. The number of rotatable bonds is 3. The van der Waals surface area contributed by atoms with Crippen LogP contribution in [0.2, 0.25) is 0 Å². The van der Waals surface area contributed by atoms with Crippen LogP contribution in [-0.2, 0) is 0 Å². The van der Waals surface area contributed by atoms with E-state index in [1.165, 1.54) is 12.8 Å². The summed E-state index contributed by atoms with van der Waals surface area (Å²) in [4.78, 5) is 11.7. The minimum absolute atomic E-state index is 0.118. The molecule has 1 aliphatic rings. The summed E-state index contributed by atoms with van der Waals surface area (Å²) in [5, 5.41) is 2.76. The highest BCUT2D eigenvalue weighted by Gasteiger charge is 2.23. The van der Waals surface area contributed by atoms with Crippen molar-refractivity contribution in [1.29, 1.82) is 0 Å². The molecule has 1 aliphatic carbocycles. The van der Waals surface area contributed by atoms with E-state index >= 15 is 0 Å². The van der Waals surface area contributed by atoms with Crippen LogP contribution in [-0.4, -0.2) is 12.5 Å². The largest absolute Gasteiger partial charge is 0.352 e. The standard InChI is InChI=1S/C12H13BrFNO/c1-7-4-9(11(14)10(13)5-7)12(16)15-6-8-2-3-8/h4-5,8H,2-3,6H2,1H3,(H,15,16). The van der Waals surface area contributed by atoms with Crippen molar-refractivity contribution in [2.45, 2.75) is 19.8 Å². The number of carbonyl (C=O) groups is 1. The van der Waals surface area contributed by atoms with Gasteiger partial charge in [-0.3, -0.25) is 4.79 Å². The van der Waals surface area contributed by atoms with Crippen LogP contribution in [0, 0.1) is 18.7 Å². The Morgan fingerprint density at radius 3 is 2.88 bits per heavy atom. The molecular weight excluding hydrogens is 273 g/mol. The Morgan fingerprint density at radius 1 is 1.56 bits per heavy atom. The molecule has 16 heavy (non-hydrogen) atoms. The van der Waals surface area contributed by atoms with Gasteiger partial charge in [-0.1, -0.05) is 0 Å². The number of hydrogen-bond donors (Lipinski definition) is 1. The van der Waals surface area contributed by atoms with Crippen LogP contribution in [0.3, 0.4) is 0 Å². The molecule has 1 saturated carbocycles. The van der Waals surface area contributed by atoms with Gasteiger partial charge in [-0.05, 0) is 59.3 Å². The smallest absolute Gasteiger partial charge is 0.254 e. The first-order valence-corrected chi connectivity index (χ1v) is 6.11.